The highest BCUT2D eigenvalue weighted by atomic mass is 127. The van der Waals surface area contributed by atoms with Crippen LogP contribution in [-0.4, -0.2) is 13.1 Å². The fourth-order valence-corrected chi connectivity index (χ4v) is 1.57. The van der Waals surface area contributed by atoms with Crippen molar-refractivity contribution in [2.75, 3.05) is 7.11 Å². The van der Waals surface area contributed by atoms with Crippen LogP contribution >= 0.6 is 38.5 Å². The van der Waals surface area contributed by atoms with E-state index in [9.17, 15) is 9.18 Å². The smallest absolute Gasteiger partial charge is 0.340 e. The highest BCUT2D eigenvalue weighted by Gasteiger charge is 2.13. The summed E-state index contributed by atoms with van der Waals surface area (Å²) in [6.07, 6.45) is 0. The lowest BCUT2D eigenvalue weighted by Crippen LogP contribution is -2.04. The summed E-state index contributed by atoms with van der Waals surface area (Å²) in [6.45, 7) is 0. The minimum absolute atomic E-state index is 0.0462. The molecule has 70 valence electrons. The monoisotopic (exact) mass is 358 g/mol. The van der Waals surface area contributed by atoms with Crippen LogP contribution in [0.25, 0.3) is 0 Å². The topological polar surface area (TPSA) is 26.3 Å². The predicted molar refractivity (Wildman–Crippen MR) is 58.2 cm³/mol. The van der Waals surface area contributed by atoms with Gasteiger partial charge in [-0.05, 0) is 50.7 Å². The number of halogens is 3. The van der Waals surface area contributed by atoms with Crippen molar-refractivity contribution in [3.8, 4) is 0 Å². The van der Waals surface area contributed by atoms with Crippen molar-refractivity contribution in [3.63, 3.8) is 0 Å². The van der Waals surface area contributed by atoms with Gasteiger partial charge < -0.3 is 4.74 Å². The third-order valence-corrected chi connectivity index (χ3v) is 3.71. The molecule has 0 saturated carbocycles. The van der Waals surface area contributed by atoms with E-state index < -0.39 is 11.8 Å². The van der Waals surface area contributed by atoms with Crippen LogP contribution in [0.3, 0.4) is 0 Å². The van der Waals surface area contributed by atoms with E-state index in [0.717, 1.165) is 3.57 Å². The van der Waals surface area contributed by atoms with Crippen molar-refractivity contribution in [1.29, 1.82) is 0 Å². The molecule has 0 aromatic heterocycles. The van der Waals surface area contributed by atoms with Gasteiger partial charge in [0.2, 0.25) is 0 Å². The Morgan fingerprint density at radius 3 is 2.77 bits per heavy atom. The summed E-state index contributed by atoms with van der Waals surface area (Å²) >= 11 is 5.15. The first-order valence-corrected chi connectivity index (χ1v) is 5.16. The van der Waals surface area contributed by atoms with E-state index in [1.165, 1.54) is 19.2 Å². The van der Waals surface area contributed by atoms with Crippen LogP contribution in [0, 0.1) is 9.39 Å². The Balaban J connectivity index is 3.23. The molecule has 1 aromatic carbocycles. The molecule has 0 saturated heterocycles. The van der Waals surface area contributed by atoms with Gasteiger partial charge in [-0.25, -0.2) is 9.18 Å². The number of carbonyl (C=O) groups is 1. The first-order chi connectivity index (χ1) is 6.06. The van der Waals surface area contributed by atoms with Gasteiger partial charge in [-0.3, -0.25) is 0 Å². The fraction of sp³-hybridized carbons (Fsp3) is 0.125. The van der Waals surface area contributed by atoms with E-state index in [4.69, 9.17) is 0 Å². The second kappa shape index (κ2) is 4.36. The highest BCUT2D eigenvalue weighted by molar-refractivity contribution is 14.1. The molecule has 0 amide bonds. The summed E-state index contributed by atoms with van der Waals surface area (Å²) in [6, 6.07) is 2.68. The summed E-state index contributed by atoms with van der Waals surface area (Å²) in [5.74, 6) is -1.25. The van der Waals surface area contributed by atoms with Crippen LogP contribution in [0.4, 0.5) is 4.39 Å². The number of esters is 1. The number of rotatable bonds is 1. The van der Waals surface area contributed by atoms with Gasteiger partial charge in [-0.15, -0.1) is 0 Å². The molecule has 0 bridgehead atoms. The van der Waals surface area contributed by atoms with Crippen LogP contribution in [0.1, 0.15) is 10.4 Å². The third kappa shape index (κ3) is 2.40. The standard InChI is InChI=1S/C8H5BrFIO2/c1-13-8(12)4-2-7(11)5(9)3-6(4)10/h2-3H,1H3. The zero-order chi connectivity index (χ0) is 10.0. The highest BCUT2D eigenvalue weighted by Crippen LogP contribution is 2.23. The Morgan fingerprint density at radius 1 is 1.62 bits per heavy atom. The van der Waals surface area contributed by atoms with Crippen LogP contribution < -0.4 is 0 Å². The Kier molecular flexibility index (Phi) is 3.66. The van der Waals surface area contributed by atoms with Crippen LogP contribution in [0.5, 0.6) is 0 Å². The molecule has 0 aliphatic heterocycles. The molecule has 0 radical (unpaired) electrons. The van der Waals surface area contributed by atoms with Crippen molar-refractivity contribution in [2.45, 2.75) is 0 Å². The van der Waals surface area contributed by atoms with E-state index in [1.54, 1.807) is 0 Å². The maximum absolute atomic E-state index is 13.1. The van der Waals surface area contributed by atoms with Crippen molar-refractivity contribution < 1.29 is 13.9 Å². The summed E-state index contributed by atoms with van der Waals surface area (Å²) in [5.41, 5.74) is -0.0462. The molecule has 0 N–H and O–H groups in total. The Hall–Kier alpha value is -0.170. The largest absolute Gasteiger partial charge is 0.465 e. The molecule has 0 unspecified atom stereocenters. The molecule has 0 fully saturated rings. The van der Waals surface area contributed by atoms with Crippen molar-refractivity contribution in [2.24, 2.45) is 0 Å². The molecule has 0 aliphatic carbocycles. The number of ether oxygens (including phenoxy) is 1. The van der Waals surface area contributed by atoms with E-state index >= 15 is 0 Å². The van der Waals surface area contributed by atoms with Crippen LogP contribution in [0.2, 0.25) is 0 Å². The molecule has 5 heteroatoms. The first-order valence-electron chi connectivity index (χ1n) is 3.29. The van der Waals surface area contributed by atoms with Crippen molar-refractivity contribution in [3.05, 3.63) is 31.6 Å². The van der Waals surface area contributed by atoms with E-state index in [1.807, 2.05) is 22.6 Å². The first kappa shape index (κ1) is 10.9. The summed E-state index contributed by atoms with van der Waals surface area (Å²) in [5, 5.41) is 0. The minimum Gasteiger partial charge on any atom is -0.465 e. The molecule has 1 aromatic rings. The lowest BCUT2D eigenvalue weighted by Gasteiger charge is -2.02. The fourth-order valence-electron chi connectivity index (χ4n) is 0.789. The third-order valence-electron chi connectivity index (χ3n) is 1.42. The van der Waals surface area contributed by atoms with Gasteiger partial charge in [0.25, 0.3) is 0 Å². The van der Waals surface area contributed by atoms with Crippen LogP contribution in [-0.2, 0) is 4.74 Å². The Bertz CT molecular complexity index is 354. The Morgan fingerprint density at radius 2 is 2.23 bits per heavy atom. The zero-order valence-electron chi connectivity index (χ0n) is 6.61. The van der Waals surface area contributed by atoms with Gasteiger partial charge in [0.1, 0.15) is 5.82 Å². The number of carbonyl (C=O) groups excluding carboxylic acids is 1. The second-order valence-corrected chi connectivity index (χ2v) is 4.25. The van der Waals surface area contributed by atoms with Gasteiger partial charge in [-0.1, -0.05) is 0 Å². The molecular formula is C8H5BrFIO2. The van der Waals surface area contributed by atoms with E-state index in [2.05, 4.69) is 20.7 Å². The minimum atomic E-state index is -0.664. The molecular weight excluding hydrogens is 354 g/mol. The lowest BCUT2D eigenvalue weighted by molar-refractivity contribution is 0.0595. The average molecular weight is 359 g/mol. The SMILES string of the molecule is COC(=O)c1cc(I)c(Br)cc1F. The van der Waals surface area contributed by atoms with Crippen molar-refractivity contribution >= 4 is 44.5 Å². The molecule has 0 atom stereocenters. The van der Waals surface area contributed by atoms with Gasteiger partial charge in [0.05, 0.1) is 12.7 Å². The molecule has 0 heterocycles. The van der Waals surface area contributed by atoms with Gasteiger partial charge in [0.15, 0.2) is 0 Å². The number of hydrogen-bond acceptors (Lipinski definition) is 2. The maximum Gasteiger partial charge on any atom is 0.340 e. The normalized spacial score (nSPS) is 9.85. The van der Waals surface area contributed by atoms with Crippen LogP contribution in [0.15, 0.2) is 16.6 Å². The van der Waals surface area contributed by atoms with Gasteiger partial charge >= 0.3 is 5.97 Å². The number of benzene rings is 1. The Labute approximate surface area is 96.7 Å². The zero-order valence-corrected chi connectivity index (χ0v) is 10.3. The summed E-state index contributed by atoms with van der Waals surface area (Å²) < 4.78 is 18.9. The van der Waals surface area contributed by atoms with Gasteiger partial charge in [-0.2, -0.15) is 0 Å². The lowest BCUT2D eigenvalue weighted by atomic mass is 10.2. The molecule has 2 nitrogen and oxygen atoms in total. The number of methoxy groups -OCH3 is 1. The predicted octanol–water partition coefficient (Wildman–Crippen LogP) is 2.98. The van der Waals surface area contributed by atoms with Gasteiger partial charge in [0, 0.05) is 8.04 Å². The summed E-state index contributed by atoms with van der Waals surface area (Å²) in [4.78, 5) is 11.0. The van der Waals surface area contributed by atoms with E-state index in [-0.39, 0.29) is 5.56 Å². The summed E-state index contributed by atoms with van der Waals surface area (Å²) in [7, 11) is 1.22. The quantitative estimate of drug-likeness (QED) is 0.438. The molecule has 13 heavy (non-hydrogen) atoms. The molecule has 0 spiro atoms. The van der Waals surface area contributed by atoms with Crippen molar-refractivity contribution in [1.82, 2.24) is 0 Å². The average Bonchev–Trinajstić information content (AvgIpc) is 2.10. The number of hydrogen-bond donors (Lipinski definition) is 0. The maximum atomic E-state index is 13.1. The second-order valence-electron chi connectivity index (χ2n) is 2.24. The molecule has 0 aliphatic rings. The van der Waals surface area contributed by atoms with E-state index in [0.29, 0.717) is 4.47 Å². The molecule has 1 rings (SSSR count).